The van der Waals surface area contributed by atoms with Crippen molar-refractivity contribution in [2.45, 2.75) is 20.5 Å². The van der Waals surface area contributed by atoms with E-state index in [0.29, 0.717) is 6.61 Å². The Morgan fingerprint density at radius 1 is 1.24 bits per heavy atom. The second kappa shape index (κ2) is 5.06. The first kappa shape index (κ1) is 11.7. The van der Waals surface area contributed by atoms with E-state index in [0.717, 1.165) is 28.4 Å². The van der Waals surface area contributed by atoms with Crippen LogP contribution in [-0.4, -0.2) is 11.7 Å². The first-order valence-corrected chi connectivity index (χ1v) is 5.68. The summed E-state index contributed by atoms with van der Waals surface area (Å²) < 4.78 is 11.0. The largest absolute Gasteiger partial charge is 0.494 e. The Hall–Kier alpha value is -1.74. The lowest BCUT2D eigenvalue weighted by Crippen LogP contribution is -1.96. The Balaban J connectivity index is 2.37. The summed E-state index contributed by atoms with van der Waals surface area (Å²) in [5.41, 5.74) is 1.73. The summed E-state index contributed by atoms with van der Waals surface area (Å²) in [5, 5.41) is 9.31. The van der Waals surface area contributed by atoms with Gasteiger partial charge in [0, 0.05) is 11.1 Å². The monoisotopic (exact) mass is 232 g/mol. The van der Waals surface area contributed by atoms with E-state index in [1.807, 2.05) is 44.2 Å². The molecule has 0 aliphatic rings. The molecule has 2 rings (SSSR count). The molecule has 0 radical (unpaired) electrons. The average molecular weight is 232 g/mol. The summed E-state index contributed by atoms with van der Waals surface area (Å²) in [6.07, 6.45) is 0. The lowest BCUT2D eigenvalue weighted by molar-refractivity contribution is 0.267. The second-order valence-electron chi connectivity index (χ2n) is 3.82. The molecule has 0 saturated carbocycles. The zero-order valence-electron chi connectivity index (χ0n) is 10.1. The van der Waals surface area contributed by atoms with Crippen LogP contribution in [-0.2, 0) is 6.61 Å². The van der Waals surface area contributed by atoms with Crippen molar-refractivity contribution in [1.82, 2.24) is 0 Å². The maximum atomic E-state index is 9.31. The molecule has 0 aliphatic heterocycles. The van der Waals surface area contributed by atoms with Crippen LogP contribution in [0.15, 0.2) is 34.7 Å². The Kier molecular flexibility index (Phi) is 3.49. The quantitative estimate of drug-likeness (QED) is 0.880. The van der Waals surface area contributed by atoms with E-state index in [2.05, 4.69) is 0 Å². The predicted molar refractivity (Wildman–Crippen MR) is 66.0 cm³/mol. The average Bonchev–Trinajstić information content (AvgIpc) is 2.77. The van der Waals surface area contributed by atoms with Crippen LogP contribution in [0.1, 0.15) is 18.2 Å². The highest BCUT2D eigenvalue weighted by atomic mass is 16.5. The van der Waals surface area contributed by atoms with E-state index in [1.54, 1.807) is 0 Å². The van der Waals surface area contributed by atoms with Gasteiger partial charge in [-0.25, -0.2) is 0 Å². The molecule has 3 heteroatoms. The van der Waals surface area contributed by atoms with Crippen LogP contribution in [0, 0.1) is 6.92 Å². The molecule has 1 aromatic heterocycles. The third-order valence-electron chi connectivity index (χ3n) is 2.56. The zero-order valence-corrected chi connectivity index (χ0v) is 10.1. The Labute approximate surface area is 101 Å². The molecule has 0 unspecified atom stereocenters. The highest BCUT2D eigenvalue weighted by Gasteiger charge is 2.07. The van der Waals surface area contributed by atoms with Gasteiger partial charge in [-0.1, -0.05) is 0 Å². The fourth-order valence-corrected chi connectivity index (χ4v) is 1.74. The minimum absolute atomic E-state index is 0.0388. The molecule has 1 aromatic carbocycles. The van der Waals surface area contributed by atoms with E-state index >= 15 is 0 Å². The maximum absolute atomic E-state index is 9.31. The summed E-state index contributed by atoms with van der Waals surface area (Å²) >= 11 is 0. The molecule has 0 atom stereocenters. The van der Waals surface area contributed by atoms with Crippen molar-refractivity contribution in [2.24, 2.45) is 0 Å². The normalized spacial score (nSPS) is 10.5. The molecule has 1 heterocycles. The molecular weight excluding hydrogens is 216 g/mol. The van der Waals surface area contributed by atoms with Gasteiger partial charge in [0.2, 0.25) is 0 Å². The molecule has 2 aromatic rings. The van der Waals surface area contributed by atoms with Crippen LogP contribution >= 0.6 is 0 Å². The highest BCUT2D eigenvalue weighted by Crippen LogP contribution is 2.28. The minimum Gasteiger partial charge on any atom is -0.494 e. The molecule has 90 valence electrons. The lowest BCUT2D eigenvalue weighted by Gasteiger charge is -2.09. The van der Waals surface area contributed by atoms with E-state index in [9.17, 15) is 5.11 Å². The van der Waals surface area contributed by atoms with Gasteiger partial charge >= 0.3 is 0 Å². The van der Waals surface area contributed by atoms with Crippen molar-refractivity contribution in [3.8, 4) is 17.1 Å². The number of aliphatic hydroxyl groups is 1. The van der Waals surface area contributed by atoms with Gasteiger partial charge in [0.1, 0.15) is 17.3 Å². The summed E-state index contributed by atoms with van der Waals surface area (Å²) in [7, 11) is 0. The summed E-state index contributed by atoms with van der Waals surface area (Å²) in [6.45, 7) is 4.38. The third-order valence-corrected chi connectivity index (χ3v) is 2.56. The number of benzene rings is 1. The molecule has 0 bridgehead atoms. The molecule has 0 fully saturated rings. The standard InChI is InChI=1S/C14H16O3/c1-3-16-13-7-5-11(8-12(13)9-15)14-6-4-10(2)17-14/h4-8,15H,3,9H2,1-2H3. The van der Waals surface area contributed by atoms with Crippen LogP contribution in [0.3, 0.4) is 0 Å². The van der Waals surface area contributed by atoms with Crippen molar-refractivity contribution in [1.29, 1.82) is 0 Å². The number of aryl methyl sites for hydroxylation is 1. The van der Waals surface area contributed by atoms with Gasteiger partial charge < -0.3 is 14.3 Å². The topological polar surface area (TPSA) is 42.6 Å². The van der Waals surface area contributed by atoms with Gasteiger partial charge in [0.05, 0.1) is 13.2 Å². The summed E-state index contributed by atoms with van der Waals surface area (Å²) in [6, 6.07) is 9.53. The van der Waals surface area contributed by atoms with Gasteiger partial charge in [-0.2, -0.15) is 0 Å². The van der Waals surface area contributed by atoms with Crippen molar-refractivity contribution < 1.29 is 14.3 Å². The van der Waals surface area contributed by atoms with Crippen molar-refractivity contribution in [2.75, 3.05) is 6.61 Å². The smallest absolute Gasteiger partial charge is 0.134 e. The van der Waals surface area contributed by atoms with Crippen molar-refractivity contribution in [3.63, 3.8) is 0 Å². The molecule has 0 saturated heterocycles. The van der Waals surface area contributed by atoms with Gasteiger partial charge in [-0.05, 0) is 44.2 Å². The molecule has 0 amide bonds. The number of ether oxygens (including phenoxy) is 1. The van der Waals surface area contributed by atoms with Gasteiger partial charge in [-0.15, -0.1) is 0 Å². The molecule has 0 aliphatic carbocycles. The predicted octanol–water partition coefficient (Wildman–Crippen LogP) is 3.15. The van der Waals surface area contributed by atoms with E-state index in [1.165, 1.54) is 0 Å². The number of aliphatic hydroxyl groups excluding tert-OH is 1. The van der Waals surface area contributed by atoms with Crippen LogP contribution in [0.4, 0.5) is 0 Å². The Morgan fingerprint density at radius 3 is 2.65 bits per heavy atom. The molecule has 17 heavy (non-hydrogen) atoms. The summed E-state index contributed by atoms with van der Waals surface area (Å²) in [4.78, 5) is 0. The lowest BCUT2D eigenvalue weighted by atomic mass is 10.1. The van der Waals surface area contributed by atoms with Crippen LogP contribution in [0.2, 0.25) is 0 Å². The Morgan fingerprint density at radius 2 is 2.06 bits per heavy atom. The number of furan rings is 1. The minimum atomic E-state index is -0.0388. The van der Waals surface area contributed by atoms with Gasteiger partial charge in [-0.3, -0.25) is 0 Å². The van der Waals surface area contributed by atoms with Crippen LogP contribution in [0.5, 0.6) is 5.75 Å². The molecule has 3 nitrogen and oxygen atoms in total. The number of hydrogen-bond donors (Lipinski definition) is 1. The first-order valence-electron chi connectivity index (χ1n) is 5.68. The van der Waals surface area contributed by atoms with E-state index in [4.69, 9.17) is 9.15 Å². The van der Waals surface area contributed by atoms with E-state index in [-0.39, 0.29) is 6.61 Å². The fraction of sp³-hybridized carbons (Fsp3) is 0.286. The first-order chi connectivity index (χ1) is 8.24. The van der Waals surface area contributed by atoms with Gasteiger partial charge in [0.25, 0.3) is 0 Å². The van der Waals surface area contributed by atoms with Gasteiger partial charge in [0.15, 0.2) is 0 Å². The fourth-order valence-electron chi connectivity index (χ4n) is 1.74. The Bertz CT molecular complexity index is 500. The number of rotatable bonds is 4. The van der Waals surface area contributed by atoms with Crippen molar-refractivity contribution >= 4 is 0 Å². The van der Waals surface area contributed by atoms with Crippen LogP contribution < -0.4 is 4.74 Å². The van der Waals surface area contributed by atoms with E-state index < -0.39 is 0 Å². The molecule has 0 spiro atoms. The highest BCUT2D eigenvalue weighted by molar-refractivity contribution is 5.60. The summed E-state index contributed by atoms with van der Waals surface area (Å²) in [5.74, 6) is 2.40. The molecule has 1 N–H and O–H groups in total. The maximum Gasteiger partial charge on any atom is 0.134 e. The molecular formula is C14H16O3. The third kappa shape index (κ3) is 2.50. The zero-order chi connectivity index (χ0) is 12.3. The second-order valence-corrected chi connectivity index (χ2v) is 3.82. The SMILES string of the molecule is CCOc1ccc(-c2ccc(C)o2)cc1CO. The number of hydrogen-bond acceptors (Lipinski definition) is 3. The van der Waals surface area contributed by atoms with Crippen LogP contribution in [0.25, 0.3) is 11.3 Å². The van der Waals surface area contributed by atoms with Crippen molar-refractivity contribution in [3.05, 3.63) is 41.7 Å².